The van der Waals surface area contributed by atoms with Crippen molar-refractivity contribution in [2.24, 2.45) is 0 Å². The number of hydrogen-bond acceptors (Lipinski definition) is 2. The predicted octanol–water partition coefficient (Wildman–Crippen LogP) is 11.2. The predicted molar refractivity (Wildman–Crippen MR) is 228 cm³/mol. The Kier molecular flexibility index (Phi) is 5.16. The highest BCUT2D eigenvalue weighted by molar-refractivity contribution is 6.20. The third-order valence-corrected chi connectivity index (χ3v) is 13.8. The molecular weight excluding hydrogens is 683 g/mol. The second kappa shape index (κ2) is 9.75. The van der Waals surface area contributed by atoms with Crippen LogP contribution in [-0.2, 0) is 5.41 Å². The number of nitrogens with zero attached hydrogens (tertiary/aromatic N) is 5. The summed E-state index contributed by atoms with van der Waals surface area (Å²) in [4.78, 5) is 2.61. The van der Waals surface area contributed by atoms with Crippen molar-refractivity contribution in [2.75, 3.05) is 16.5 Å². The van der Waals surface area contributed by atoms with Crippen LogP contribution in [0.5, 0.6) is 0 Å². The molecule has 5 heteroatoms. The SMILES string of the molecule is CC(C)N1/C2=C\CCN(c3ccccc31)[N+]13c4c2cccc4C2(c4ccccc4-c4ccccc42)c2ccc4c5ccccc5n5c6ccccc6[n+]1c5c4c23. The maximum Gasteiger partial charge on any atom is 0.356 e. The maximum absolute atomic E-state index is 2.77. The molecule has 0 amide bonds. The van der Waals surface area contributed by atoms with Crippen LogP contribution in [0.1, 0.15) is 48.1 Å². The Bertz CT molecular complexity index is 3290. The van der Waals surface area contributed by atoms with E-state index >= 15 is 0 Å². The normalized spacial score (nSPS) is 19.7. The molecule has 2 aromatic heterocycles. The molecule has 56 heavy (non-hydrogen) atoms. The molecule has 5 nitrogen and oxygen atoms in total. The number of benzene rings is 7. The second-order valence-electron chi connectivity index (χ2n) is 16.5. The van der Waals surface area contributed by atoms with Gasteiger partial charge in [-0.1, -0.05) is 121 Å². The first-order chi connectivity index (χ1) is 27.7. The van der Waals surface area contributed by atoms with Crippen molar-refractivity contribution in [1.82, 2.24) is 9.10 Å². The number of para-hydroxylation sites is 6. The largest absolute Gasteiger partial charge is 0.356 e. The van der Waals surface area contributed by atoms with Gasteiger partial charge in [0, 0.05) is 32.6 Å². The van der Waals surface area contributed by atoms with Crippen LogP contribution in [0.2, 0.25) is 0 Å². The minimum absolute atomic E-state index is 0.241. The molecule has 0 radical (unpaired) electrons. The molecule has 0 N–H and O–H groups in total. The highest BCUT2D eigenvalue weighted by atomic mass is 16.0. The number of anilines is 2. The van der Waals surface area contributed by atoms with Gasteiger partial charge in [-0.05, 0) is 83.6 Å². The molecule has 5 aliphatic heterocycles. The van der Waals surface area contributed by atoms with Crippen molar-refractivity contribution in [3.63, 3.8) is 0 Å². The van der Waals surface area contributed by atoms with Gasteiger partial charge in [-0.15, -0.1) is 0 Å². The number of rotatable bonds is 1. The molecule has 2 spiro atoms. The Morgan fingerprint density at radius 1 is 0.571 bits per heavy atom. The molecule has 0 fully saturated rings. The molecule has 0 saturated heterocycles. The molecule has 6 aliphatic rings. The third kappa shape index (κ3) is 2.95. The van der Waals surface area contributed by atoms with Gasteiger partial charge >= 0.3 is 5.65 Å². The van der Waals surface area contributed by atoms with Crippen molar-refractivity contribution < 1.29 is 4.68 Å². The van der Waals surface area contributed by atoms with E-state index in [1.165, 1.54) is 106 Å². The van der Waals surface area contributed by atoms with E-state index in [1.54, 1.807) is 0 Å². The van der Waals surface area contributed by atoms with Gasteiger partial charge in [0.05, 0.1) is 28.9 Å². The molecule has 7 aromatic carbocycles. The Morgan fingerprint density at radius 2 is 1.21 bits per heavy atom. The van der Waals surface area contributed by atoms with Gasteiger partial charge in [-0.2, -0.15) is 9.41 Å². The molecule has 1 aliphatic carbocycles. The van der Waals surface area contributed by atoms with Crippen LogP contribution in [0.15, 0.2) is 158 Å². The van der Waals surface area contributed by atoms with Crippen LogP contribution in [0.25, 0.3) is 55.2 Å². The lowest BCUT2D eigenvalue weighted by Gasteiger charge is -2.52. The van der Waals surface area contributed by atoms with Crippen LogP contribution >= 0.6 is 0 Å². The monoisotopic (exact) mass is 719 g/mol. The zero-order valence-electron chi connectivity index (χ0n) is 31.2. The van der Waals surface area contributed by atoms with Crippen LogP contribution in [0.3, 0.4) is 0 Å². The Balaban J connectivity index is 1.33. The molecule has 7 heterocycles. The number of hydrogen-bond donors (Lipinski definition) is 0. The first-order valence-electron chi connectivity index (χ1n) is 20.1. The van der Waals surface area contributed by atoms with Gasteiger partial charge in [-0.3, -0.25) is 0 Å². The standard InChI is InChI=1S/C51H37N5/c1-31(2)53-42-27-14-30-52(43-23-9-10-24-44(43)53)56-48-36(42)18-13-21-39(48)51(37-19-6-3-15-32(37)33-16-4-7-20-38(33)51)40-29-28-35-34-17-5-8-22-41(34)54-45-25-11-12-26-46(45)55(56)50(54)47(35)49(40)56/h3-13,15-29,31H,14,30H2,1-2H3/q+2/b42-27-. The number of aromatic nitrogens is 2. The van der Waals surface area contributed by atoms with Gasteiger partial charge in [0.15, 0.2) is 5.52 Å². The van der Waals surface area contributed by atoms with E-state index in [2.05, 4.69) is 191 Å². The molecular formula is C51H37N5+2. The van der Waals surface area contributed by atoms with Crippen molar-refractivity contribution in [3.05, 3.63) is 186 Å². The van der Waals surface area contributed by atoms with Crippen LogP contribution in [0, 0.1) is 0 Å². The molecule has 15 rings (SSSR count). The summed E-state index contributed by atoms with van der Waals surface area (Å²) in [6.07, 6.45) is 3.45. The summed E-state index contributed by atoms with van der Waals surface area (Å²) in [5.74, 6) is 0. The Labute approximate surface area is 324 Å². The topological polar surface area (TPSA) is 14.8 Å². The van der Waals surface area contributed by atoms with Crippen LogP contribution in [-0.4, -0.2) is 17.0 Å². The molecule has 1 unspecified atom stereocenters. The van der Waals surface area contributed by atoms with E-state index in [0.717, 1.165) is 13.0 Å². The number of fused-ring (bicyclic) bond motifs is 15. The van der Waals surface area contributed by atoms with Crippen LogP contribution < -0.4 is 19.3 Å². The summed E-state index contributed by atoms with van der Waals surface area (Å²) >= 11 is 0. The van der Waals surface area contributed by atoms with Gasteiger partial charge in [0.2, 0.25) is 16.9 Å². The van der Waals surface area contributed by atoms with E-state index < -0.39 is 5.41 Å². The van der Waals surface area contributed by atoms with E-state index in [1.807, 2.05) is 0 Å². The summed E-state index contributed by atoms with van der Waals surface area (Å²) < 4.78 is 5.76. The van der Waals surface area contributed by atoms with Crippen molar-refractivity contribution in [3.8, 4) is 11.1 Å². The zero-order chi connectivity index (χ0) is 36.7. The average Bonchev–Trinajstić information content (AvgIpc) is 3.84. The molecule has 9 aromatic rings. The van der Waals surface area contributed by atoms with Crippen molar-refractivity contribution in [1.29, 1.82) is 0 Å². The summed E-state index contributed by atoms with van der Waals surface area (Å²) in [6.45, 7) is 5.54. The lowest BCUT2D eigenvalue weighted by molar-refractivity contribution is -0.748. The zero-order valence-corrected chi connectivity index (χ0v) is 31.2. The fourth-order valence-electron chi connectivity index (χ4n) is 12.1. The fraction of sp³-hybridized carbons (Fsp3) is 0.118. The summed E-state index contributed by atoms with van der Waals surface area (Å²) in [6, 6.07) is 58.3. The first-order valence-corrected chi connectivity index (χ1v) is 20.1. The van der Waals surface area contributed by atoms with Gasteiger partial charge in [-0.25, -0.2) is 0 Å². The Morgan fingerprint density at radius 3 is 2.02 bits per heavy atom. The highest BCUT2D eigenvalue weighted by Gasteiger charge is 2.69. The molecule has 1 atom stereocenters. The van der Waals surface area contributed by atoms with Gasteiger partial charge < -0.3 is 4.90 Å². The molecule has 264 valence electrons. The van der Waals surface area contributed by atoms with E-state index in [0.29, 0.717) is 4.70 Å². The third-order valence-electron chi connectivity index (χ3n) is 13.8. The fourth-order valence-corrected chi connectivity index (χ4v) is 12.1. The molecule has 0 saturated carbocycles. The lowest BCUT2D eigenvalue weighted by Crippen LogP contribution is -2.77. The van der Waals surface area contributed by atoms with Crippen molar-refractivity contribution in [2.45, 2.75) is 31.7 Å². The molecule has 2 bridgehead atoms. The van der Waals surface area contributed by atoms with Crippen molar-refractivity contribution >= 4 is 66.8 Å². The van der Waals surface area contributed by atoms with E-state index in [-0.39, 0.29) is 6.04 Å². The van der Waals surface area contributed by atoms with Gasteiger partial charge in [0.1, 0.15) is 16.6 Å². The average molecular weight is 720 g/mol. The van der Waals surface area contributed by atoms with E-state index in [9.17, 15) is 0 Å². The maximum atomic E-state index is 2.77. The summed E-state index contributed by atoms with van der Waals surface area (Å²) in [7, 11) is 0. The Hall–Kier alpha value is -6.69. The first kappa shape index (κ1) is 29.6. The summed E-state index contributed by atoms with van der Waals surface area (Å²) in [5.41, 5.74) is 20.3. The minimum Gasteiger partial charge on any atom is -0.337 e. The number of imidazole rings is 1. The van der Waals surface area contributed by atoms with Crippen LogP contribution in [0.4, 0.5) is 22.7 Å². The second-order valence-corrected chi connectivity index (χ2v) is 16.5. The minimum atomic E-state index is -0.538. The lowest BCUT2D eigenvalue weighted by atomic mass is 9.63. The number of quaternary nitrogens is 1. The number of pyridine rings is 1. The summed E-state index contributed by atoms with van der Waals surface area (Å²) in [5, 5.41) is 6.70. The quantitative estimate of drug-likeness (QED) is 0.0953. The highest BCUT2D eigenvalue weighted by Crippen LogP contribution is 2.69. The smallest absolute Gasteiger partial charge is 0.337 e. The van der Waals surface area contributed by atoms with Gasteiger partial charge in [0.25, 0.3) is 0 Å². The van der Waals surface area contributed by atoms with E-state index in [4.69, 9.17) is 0 Å².